The van der Waals surface area contributed by atoms with E-state index >= 15 is 0 Å². The zero-order valence-corrected chi connectivity index (χ0v) is 7.16. The highest BCUT2D eigenvalue weighted by molar-refractivity contribution is 5.72. The Morgan fingerprint density at radius 1 is 1.75 bits per heavy atom. The highest BCUT2D eigenvalue weighted by Gasteiger charge is 2.44. The quantitative estimate of drug-likeness (QED) is 0.573. The standard InChI is InChI=1S/C9H13O3/c1-11-5-6-2-3-8-7(6)4-9(10)12-8/h2,6-8H,3-5H2,1H3. The minimum Gasteiger partial charge on any atom is -0.462 e. The Kier molecular flexibility index (Phi) is 2.05. The van der Waals surface area contributed by atoms with Crippen LogP contribution in [0.25, 0.3) is 0 Å². The molecule has 0 aromatic carbocycles. The van der Waals surface area contributed by atoms with Gasteiger partial charge in [-0.25, -0.2) is 0 Å². The molecule has 2 rings (SSSR count). The summed E-state index contributed by atoms with van der Waals surface area (Å²) in [7, 11) is 1.69. The van der Waals surface area contributed by atoms with Crippen molar-refractivity contribution in [3.63, 3.8) is 0 Å². The summed E-state index contributed by atoms with van der Waals surface area (Å²) in [6.45, 7) is 0.720. The van der Waals surface area contributed by atoms with Gasteiger partial charge in [0.15, 0.2) is 0 Å². The average molecular weight is 169 g/mol. The minimum atomic E-state index is -0.0424. The van der Waals surface area contributed by atoms with E-state index in [0.29, 0.717) is 18.3 Å². The molecule has 3 atom stereocenters. The van der Waals surface area contributed by atoms with Crippen LogP contribution in [-0.4, -0.2) is 25.8 Å². The molecule has 3 unspecified atom stereocenters. The maximum atomic E-state index is 10.9. The first-order valence-electron chi connectivity index (χ1n) is 4.33. The molecule has 12 heavy (non-hydrogen) atoms. The molecule has 2 fully saturated rings. The van der Waals surface area contributed by atoms with E-state index in [0.717, 1.165) is 13.0 Å². The molecule has 2 aliphatic rings. The second kappa shape index (κ2) is 3.05. The number of carbonyl (C=O) groups is 1. The summed E-state index contributed by atoms with van der Waals surface area (Å²) >= 11 is 0. The summed E-state index contributed by atoms with van der Waals surface area (Å²) in [6.07, 6.45) is 3.85. The maximum Gasteiger partial charge on any atom is 0.306 e. The fourth-order valence-corrected chi connectivity index (χ4v) is 2.15. The van der Waals surface area contributed by atoms with E-state index < -0.39 is 0 Å². The third-order valence-corrected chi connectivity index (χ3v) is 2.74. The second-order valence-corrected chi connectivity index (χ2v) is 3.49. The molecule has 0 N–H and O–H groups in total. The lowest BCUT2D eigenvalue weighted by Crippen LogP contribution is -2.17. The largest absolute Gasteiger partial charge is 0.462 e. The van der Waals surface area contributed by atoms with Crippen LogP contribution in [0.3, 0.4) is 0 Å². The fraction of sp³-hybridized carbons (Fsp3) is 0.778. The molecule has 0 amide bonds. The number of methoxy groups -OCH3 is 1. The molecule has 3 heteroatoms. The molecule has 0 spiro atoms. The van der Waals surface area contributed by atoms with Crippen molar-refractivity contribution >= 4 is 5.97 Å². The molecule has 1 aliphatic heterocycles. The summed E-state index contributed by atoms with van der Waals surface area (Å²) in [5.74, 6) is 0.767. The van der Waals surface area contributed by atoms with Crippen molar-refractivity contribution in [3.8, 4) is 0 Å². The van der Waals surface area contributed by atoms with Crippen molar-refractivity contribution in [1.82, 2.24) is 0 Å². The summed E-state index contributed by atoms with van der Waals surface area (Å²) in [4.78, 5) is 10.9. The van der Waals surface area contributed by atoms with E-state index in [1.54, 1.807) is 7.11 Å². The van der Waals surface area contributed by atoms with Crippen molar-refractivity contribution in [1.29, 1.82) is 0 Å². The molecule has 0 aromatic rings. The van der Waals surface area contributed by atoms with Crippen LogP contribution in [0, 0.1) is 18.3 Å². The Balaban J connectivity index is 1.98. The zero-order valence-electron chi connectivity index (χ0n) is 7.16. The normalized spacial score (nSPS) is 39.8. The number of hydrogen-bond acceptors (Lipinski definition) is 3. The average Bonchev–Trinajstić information content (AvgIpc) is 2.52. The van der Waals surface area contributed by atoms with Gasteiger partial charge in [0.25, 0.3) is 0 Å². The first kappa shape index (κ1) is 8.05. The maximum absolute atomic E-state index is 10.9. The first-order valence-corrected chi connectivity index (χ1v) is 4.33. The van der Waals surface area contributed by atoms with Gasteiger partial charge in [0, 0.05) is 19.6 Å². The van der Waals surface area contributed by atoms with Crippen LogP contribution in [0.2, 0.25) is 0 Å². The van der Waals surface area contributed by atoms with Crippen LogP contribution in [0.4, 0.5) is 0 Å². The van der Waals surface area contributed by atoms with E-state index in [2.05, 4.69) is 6.42 Å². The van der Waals surface area contributed by atoms with Crippen LogP contribution < -0.4 is 0 Å². The van der Waals surface area contributed by atoms with Crippen molar-refractivity contribution in [2.75, 3.05) is 13.7 Å². The smallest absolute Gasteiger partial charge is 0.306 e. The number of ether oxygens (including phenoxy) is 2. The second-order valence-electron chi connectivity index (χ2n) is 3.49. The van der Waals surface area contributed by atoms with Gasteiger partial charge >= 0.3 is 5.97 Å². The molecular formula is C9H13O3. The summed E-state index contributed by atoms with van der Waals surface area (Å²) < 4.78 is 10.2. The molecule has 1 saturated carbocycles. The van der Waals surface area contributed by atoms with Gasteiger partial charge in [-0.1, -0.05) is 0 Å². The molecule has 0 aromatic heterocycles. The monoisotopic (exact) mass is 169 g/mol. The van der Waals surface area contributed by atoms with E-state index in [1.807, 2.05) is 0 Å². The van der Waals surface area contributed by atoms with E-state index in [4.69, 9.17) is 9.47 Å². The van der Waals surface area contributed by atoms with Crippen LogP contribution in [-0.2, 0) is 14.3 Å². The van der Waals surface area contributed by atoms with Crippen LogP contribution >= 0.6 is 0 Å². The lowest BCUT2D eigenvalue weighted by Gasteiger charge is -2.13. The SMILES string of the molecule is COCC1[CH]CC2OC(=O)CC12. The molecule has 1 aliphatic carbocycles. The van der Waals surface area contributed by atoms with Gasteiger partial charge in [-0.2, -0.15) is 0 Å². The van der Waals surface area contributed by atoms with E-state index in [-0.39, 0.29) is 12.1 Å². The minimum absolute atomic E-state index is 0.0424. The van der Waals surface area contributed by atoms with Crippen LogP contribution in [0.1, 0.15) is 12.8 Å². The lowest BCUT2D eigenvalue weighted by molar-refractivity contribution is -0.141. The summed E-state index contributed by atoms with van der Waals surface area (Å²) in [5.41, 5.74) is 0. The van der Waals surface area contributed by atoms with Crippen LogP contribution in [0.15, 0.2) is 0 Å². The molecule has 1 saturated heterocycles. The number of rotatable bonds is 2. The van der Waals surface area contributed by atoms with Gasteiger partial charge in [-0.3, -0.25) is 4.79 Å². The molecular weight excluding hydrogens is 156 g/mol. The summed E-state index contributed by atoms with van der Waals surface area (Å²) in [5, 5.41) is 0. The lowest BCUT2D eigenvalue weighted by atomic mass is 9.94. The van der Waals surface area contributed by atoms with Crippen molar-refractivity contribution in [2.45, 2.75) is 18.9 Å². The number of hydrogen-bond donors (Lipinski definition) is 0. The Morgan fingerprint density at radius 2 is 2.58 bits per heavy atom. The van der Waals surface area contributed by atoms with Crippen molar-refractivity contribution in [2.24, 2.45) is 11.8 Å². The molecule has 1 heterocycles. The predicted molar refractivity (Wildman–Crippen MR) is 42.3 cm³/mol. The number of carbonyl (C=O) groups excluding carboxylic acids is 1. The highest BCUT2D eigenvalue weighted by atomic mass is 16.6. The third-order valence-electron chi connectivity index (χ3n) is 2.74. The summed E-state index contributed by atoms with van der Waals surface area (Å²) in [6, 6.07) is 0. The molecule has 67 valence electrons. The molecule has 1 radical (unpaired) electrons. The highest BCUT2D eigenvalue weighted by Crippen LogP contribution is 2.40. The first-order chi connectivity index (χ1) is 5.81. The Bertz CT molecular complexity index is 188. The predicted octanol–water partition coefficient (Wildman–Crippen LogP) is 0.789. The van der Waals surface area contributed by atoms with Gasteiger partial charge in [0.2, 0.25) is 0 Å². The van der Waals surface area contributed by atoms with Crippen LogP contribution in [0.5, 0.6) is 0 Å². The third kappa shape index (κ3) is 1.22. The van der Waals surface area contributed by atoms with Gasteiger partial charge in [-0.15, -0.1) is 0 Å². The van der Waals surface area contributed by atoms with Gasteiger partial charge in [0.05, 0.1) is 6.42 Å². The Hall–Kier alpha value is -0.570. The molecule has 3 nitrogen and oxygen atoms in total. The van der Waals surface area contributed by atoms with E-state index in [9.17, 15) is 4.79 Å². The topological polar surface area (TPSA) is 35.5 Å². The number of fused-ring (bicyclic) bond motifs is 1. The Morgan fingerprint density at radius 3 is 3.33 bits per heavy atom. The fourth-order valence-electron chi connectivity index (χ4n) is 2.15. The zero-order chi connectivity index (χ0) is 8.55. The Labute approximate surface area is 72.0 Å². The number of esters is 1. The van der Waals surface area contributed by atoms with E-state index in [1.165, 1.54) is 0 Å². The van der Waals surface area contributed by atoms with Gasteiger partial charge in [-0.05, 0) is 18.8 Å². The molecule has 0 bridgehead atoms. The van der Waals surface area contributed by atoms with Gasteiger partial charge in [0.1, 0.15) is 6.10 Å². The van der Waals surface area contributed by atoms with Crippen molar-refractivity contribution in [3.05, 3.63) is 6.42 Å². The van der Waals surface area contributed by atoms with Crippen molar-refractivity contribution < 1.29 is 14.3 Å². The van der Waals surface area contributed by atoms with Gasteiger partial charge < -0.3 is 9.47 Å².